The molecule has 0 unspecified atom stereocenters. The van der Waals surface area contributed by atoms with Crippen LogP contribution in [-0.4, -0.2) is 37.6 Å². The van der Waals surface area contributed by atoms with E-state index in [1.54, 1.807) is 0 Å². The van der Waals surface area contributed by atoms with Gasteiger partial charge in [0, 0.05) is 10.9 Å². The van der Waals surface area contributed by atoms with Crippen LogP contribution in [0.5, 0.6) is 11.5 Å². The lowest BCUT2D eigenvalue weighted by Crippen LogP contribution is -2.21. The average molecular weight is 459 g/mol. The Morgan fingerprint density at radius 3 is 2.53 bits per heavy atom. The average Bonchev–Trinajstić information content (AvgIpc) is 2.94. The summed E-state index contributed by atoms with van der Waals surface area (Å²) in [4.78, 5) is 36.5. The summed E-state index contributed by atoms with van der Waals surface area (Å²) in [6.07, 6.45) is 4.79. The van der Waals surface area contributed by atoms with E-state index in [2.05, 4.69) is 11.4 Å². The van der Waals surface area contributed by atoms with Gasteiger partial charge in [-0.15, -0.1) is 11.3 Å². The van der Waals surface area contributed by atoms with E-state index in [0.29, 0.717) is 10.6 Å². The Morgan fingerprint density at radius 1 is 1.19 bits per heavy atom. The number of hydrogen-bond donors (Lipinski definition) is 1. The third-order valence-corrected chi connectivity index (χ3v) is 6.25. The van der Waals surface area contributed by atoms with E-state index in [0.717, 1.165) is 54.7 Å². The third kappa shape index (κ3) is 4.81. The van der Waals surface area contributed by atoms with Gasteiger partial charge in [0.2, 0.25) is 0 Å². The highest BCUT2D eigenvalue weighted by Crippen LogP contribution is 2.37. The molecule has 2 aromatic rings. The van der Waals surface area contributed by atoms with Crippen LogP contribution in [-0.2, 0) is 22.4 Å². The number of carbonyl (C=O) groups is 2. The monoisotopic (exact) mass is 459 g/mol. The van der Waals surface area contributed by atoms with Crippen molar-refractivity contribution < 1.29 is 28.7 Å². The Labute approximate surface area is 187 Å². The molecule has 10 nitrogen and oxygen atoms in total. The van der Waals surface area contributed by atoms with Crippen molar-refractivity contribution in [3.05, 3.63) is 43.8 Å². The fourth-order valence-corrected chi connectivity index (χ4v) is 4.76. The van der Waals surface area contributed by atoms with Gasteiger partial charge in [-0.3, -0.25) is 14.9 Å². The first-order valence-corrected chi connectivity index (χ1v) is 10.6. The van der Waals surface area contributed by atoms with Gasteiger partial charge in [0.15, 0.2) is 18.1 Å². The number of nitro benzene ring substituents is 1. The van der Waals surface area contributed by atoms with Crippen LogP contribution in [0, 0.1) is 21.4 Å². The van der Waals surface area contributed by atoms with Crippen LogP contribution in [0.2, 0.25) is 0 Å². The first kappa shape index (κ1) is 23.0. The fraction of sp³-hybridized carbons (Fsp3) is 0.381. The summed E-state index contributed by atoms with van der Waals surface area (Å²) in [5, 5.41) is 24.0. The van der Waals surface area contributed by atoms with Crippen molar-refractivity contribution in [2.45, 2.75) is 32.1 Å². The number of nitrogens with zero attached hydrogens (tertiary/aromatic N) is 2. The minimum absolute atomic E-state index is 0.0787. The zero-order valence-electron chi connectivity index (χ0n) is 17.6. The highest BCUT2D eigenvalue weighted by molar-refractivity contribution is 7.16. The number of amides is 1. The summed E-state index contributed by atoms with van der Waals surface area (Å²) in [7, 11) is 2.63. The molecular formula is C21H21N3O7S. The molecule has 0 spiro atoms. The Morgan fingerprint density at radius 2 is 1.88 bits per heavy atom. The van der Waals surface area contributed by atoms with Crippen molar-refractivity contribution in [3.63, 3.8) is 0 Å². The zero-order chi connectivity index (χ0) is 23.3. The Balaban J connectivity index is 1.73. The number of nitriles is 1. The zero-order valence-corrected chi connectivity index (χ0v) is 18.4. The van der Waals surface area contributed by atoms with Crippen LogP contribution in [0.4, 0.5) is 10.7 Å². The van der Waals surface area contributed by atoms with Crippen LogP contribution in [0.15, 0.2) is 12.1 Å². The number of aryl methyl sites for hydroxylation is 1. The number of esters is 1. The number of anilines is 1. The van der Waals surface area contributed by atoms with Gasteiger partial charge in [0.25, 0.3) is 11.6 Å². The molecule has 0 fully saturated rings. The van der Waals surface area contributed by atoms with Gasteiger partial charge in [-0.1, -0.05) is 6.42 Å². The van der Waals surface area contributed by atoms with Crippen LogP contribution < -0.4 is 14.8 Å². The molecule has 0 aliphatic heterocycles. The number of ether oxygens (including phenoxy) is 3. The molecule has 0 saturated carbocycles. The summed E-state index contributed by atoms with van der Waals surface area (Å²) < 4.78 is 15.1. The van der Waals surface area contributed by atoms with Gasteiger partial charge in [0.1, 0.15) is 16.6 Å². The van der Waals surface area contributed by atoms with Gasteiger partial charge in [-0.2, -0.15) is 5.26 Å². The Kier molecular flexibility index (Phi) is 7.27. The predicted octanol–water partition coefficient (Wildman–Crippen LogP) is 3.61. The second-order valence-corrected chi connectivity index (χ2v) is 8.09. The first-order chi connectivity index (χ1) is 15.4. The van der Waals surface area contributed by atoms with Crippen LogP contribution in [0.3, 0.4) is 0 Å². The molecule has 168 valence electrons. The van der Waals surface area contributed by atoms with E-state index < -0.39 is 29.1 Å². The number of nitrogens with one attached hydrogen (secondary N) is 1. The topological polar surface area (TPSA) is 141 Å². The van der Waals surface area contributed by atoms with E-state index in [1.165, 1.54) is 25.6 Å². The van der Waals surface area contributed by atoms with Crippen LogP contribution >= 0.6 is 11.3 Å². The van der Waals surface area contributed by atoms with Crippen molar-refractivity contribution >= 4 is 33.9 Å². The lowest BCUT2D eigenvalue weighted by molar-refractivity contribution is -0.385. The maximum atomic E-state index is 12.5. The maximum absolute atomic E-state index is 12.5. The first-order valence-electron chi connectivity index (χ1n) is 9.81. The van der Waals surface area contributed by atoms with E-state index in [1.807, 2.05) is 0 Å². The van der Waals surface area contributed by atoms with Gasteiger partial charge >= 0.3 is 5.97 Å². The number of benzene rings is 1. The summed E-state index contributed by atoms with van der Waals surface area (Å²) >= 11 is 1.36. The Hall–Kier alpha value is -3.65. The molecule has 1 N–H and O–H groups in total. The number of rotatable bonds is 7. The van der Waals surface area contributed by atoms with E-state index in [9.17, 15) is 25.0 Å². The fourth-order valence-electron chi connectivity index (χ4n) is 3.50. The molecule has 11 heteroatoms. The third-order valence-electron chi connectivity index (χ3n) is 5.04. The van der Waals surface area contributed by atoms with Crippen LogP contribution in [0.1, 0.15) is 45.6 Å². The number of methoxy groups -OCH3 is 2. The molecule has 0 atom stereocenters. The number of nitro groups is 1. The molecule has 1 aromatic carbocycles. The highest BCUT2D eigenvalue weighted by Gasteiger charge is 2.27. The lowest BCUT2D eigenvalue weighted by atomic mass is 10.1. The molecule has 1 heterocycles. The van der Waals surface area contributed by atoms with Crippen molar-refractivity contribution in [1.29, 1.82) is 5.26 Å². The van der Waals surface area contributed by atoms with Gasteiger partial charge in [-0.25, -0.2) is 4.79 Å². The largest absolute Gasteiger partial charge is 0.493 e. The molecular weight excluding hydrogens is 438 g/mol. The van der Waals surface area contributed by atoms with Crippen LogP contribution in [0.25, 0.3) is 0 Å². The molecule has 0 saturated heterocycles. The van der Waals surface area contributed by atoms with Gasteiger partial charge < -0.3 is 19.5 Å². The molecule has 1 aliphatic rings. The summed E-state index contributed by atoms with van der Waals surface area (Å²) in [6, 6.07) is 4.33. The number of carbonyl (C=O) groups excluding carboxylic acids is 2. The second-order valence-electron chi connectivity index (χ2n) is 6.99. The predicted molar refractivity (Wildman–Crippen MR) is 115 cm³/mol. The Bertz CT molecular complexity index is 1100. The maximum Gasteiger partial charge on any atom is 0.345 e. The highest BCUT2D eigenvalue weighted by atomic mass is 32.1. The van der Waals surface area contributed by atoms with Gasteiger partial charge in [-0.05, 0) is 31.2 Å². The van der Waals surface area contributed by atoms with E-state index in [-0.39, 0.29) is 17.1 Å². The SMILES string of the molecule is COc1cc(C(=O)OCC(=O)Nc2sc3c(c2C#N)CCCCC3)c([N+](=O)[O-])cc1OC. The smallest absolute Gasteiger partial charge is 0.345 e. The minimum atomic E-state index is -1.06. The van der Waals surface area contributed by atoms with Crippen molar-refractivity contribution in [3.8, 4) is 17.6 Å². The van der Waals surface area contributed by atoms with Crippen molar-refractivity contribution in [2.75, 3.05) is 26.1 Å². The van der Waals surface area contributed by atoms with Crippen molar-refractivity contribution in [1.82, 2.24) is 0 Å². The summed E-state index contributed by atoms with van der Waals surface area (Å²) in [5.41, 5.74) is 0.508. The number of hydrogen-bond acceptors (Lipinski definition) is 9. The molecule has 3 rings (SSSR count). The summed E-state index contributed by atoms with van der Waals surface area (Å²) in [5.74, 6) is -1.52. The minimum Gasteiger partial charge on any atom is -0.493 e. The molecule has 0 bridgehead atoms. The molecule has 1 aromatic heterocycles. The van der Waals surface area contributed by atoms with Crippen molar-refractivity contribution in [2.24, 2.45) is 0 Å². The molecule has 32 heavy (non-hydrogen) atoms. The standard InChI is InChI=1S/C21H21N3O7S/c1-29-16-8-13(15(24(27)28)9-17(16)30-2)21(26)31-11-19(25)23-20-14(10-22)12-6-4-3-5-7-18(12)32-20/h8-9H,3-7,11H2,1-2H3,(H,23,25). The van der Waals surface area contributed by atoms with E-state index in [4.69, 9.17) is 14.2 Å². The van der Waals surface area contributed by atoms with Gasteiger partial charge in [0.05, 0.1) is 30.8 Å². The summed E-state index contributed by atoms with van der Waals surface area (Å²) in [6.45, 7) is -0.669. The molecule has 0 radical (unpaired) electrons. The second kappa shape index (κ2) is 10.1. The molecule has 1 amide bonds. The van der Waals surface area contributed by atoms with E-state index >= 15 is 0 Å². The lowest BCUT2D eigenvalue weighted by Gasteiger charge is -2.10. The normalized spacial score (nSPS) is 12.7. The molecule has 1 aliphatic carbocycles. The quantitative estimate of drug-likeness (QED) is 0.286. The number of thiophene rings is 1. The number of fused-ring (bicyclic) bond motifs is 1.